The molecule has 0 aliphatic heterocycles. The minimum absolute atomic E-state index is 0.372. The van der Waals surface area contributed by atoms with Crippen molar-refractivity contribution < 1.29 is 5.11 Å². The van der Waals surface area contributed by atoms with E-state index in [0.29, 0.717) is 12.0 Å². The zero-order valence-electron chi connectivity index (χ0n) is 9.84. The van der Waals surface area contributed by atoms with Gasteiger partial charge in [0.25, 0.3) is 0 Å². The van der Waals surface area contributed by atoms with Crippen molar-refractivity contribution in [1.29, 1.82) is 0 Å². The van der Waals surface area contributed by atoms with Crippen LogP contribution in [0, 0.1) is 5.92 Å². The topological polar surface area (TPSA) is 32.3 Å². The van der Waals surface area contributed by atoms with Gasteiger partial charge in [-0.05, 0) is 45.1 Å². The van der Waals surface area contributed by atoms with Crippen molar-refractivity contribution in [2.75, 3.05) is 7.05 Å². The summed E-state index contributed by atoms with van der Waals surface area (Å²) in [6.07, 6.45) is 6.53. The lowest BCUT2D eigenvalue weighted by atomic mass is 9.73. The molecule has 0 aromatic rings. The standard InChI is InChI=1S/C12H25NO/c1-4-5-10(2)12(14)8-6-11(13-3)7-9-12/h10-11,13-14H,4-9H2,1-3H3. The van der Waals surface area contributed by atoms with Crippen molar-refractivity contribution in [3.63, 3.8) is 0 Å². The molecule has 2 N–H and O–H groups in total. The summed E-state index contributed by atoms with van der Waals surface area (Å²) in [5, 5.41) is 13.8. The molecule has 1 saturated carbocycles. The first-order valence-electron chi connectivity index (χ1n) is 6.02. The molecule has 0 radical (unpaired) electrons. The number of rotatable bonds is 4. The second kappa shape index (κ2) is 5.13. The lowest BCUT2D eigenvalue weighted by Gasteiger charge is -2.40. The highest BCUT2D eigenvalue weighted by molar-refractivity contribution is 4.90. The summed E-state index contributed by atoms with van der Waals surface area (Å²) in [6.45, 7) is 4.39. The van der Waals surface area contributed by atoms with Crippen molar-refractivity contribution in [2.24, 2.45) is 5.92 Å². The van der Waals surface area contributed by atoms with E-state index in [9.17, 15) is 5.11 Å². The molecule has 1 rings (SSSR count). The monoisotopic (exact) mass is 199 g/mol. The smallest absolute Gasteiger partial charge is 0.0674 e. The van der Waals surface area contributed by atoms with Crippen LogP contribution in [-0.4, -0.2) is 23.8 Å². The molecular weight excluding hydrogens is 174 g/mol. The largest absolute Gasteiger partial charge is 0.390 e. The van der Waals surface area contributed by atoms with E-state index < -0.39 is 0 Å². The van der Waals surface area contributed by atoms with Crippen LogP contribution >= 0.6 is 0 Å². The molecule has 1 unspecified atom stereocenters. The molecule has 0 heterocycles. The van der Waals surface area contributed by atoms with E-state index in [2.05, 4.69) is 19.2 Å². The Labute approximate surface area is 88.1 Å². The lowest BCUT2D eigenvalue weighted by molar-refractivity contribution is -0.0510. The number of aliphatic hydroxyl groups is 1. The highest BCUT2D eigenvalue weighted by Crippen LogP contribution is 2.36. The third-order valence-electron chi connectivity index (χ3n) is 3.90. The Morgan fingerprint density at radius 1 is 1.43 bits per heavy atom. The molecule has 0 saturated heterocycles. The van der Waals surface area contributed by atoms with Gasteiger partial charge in [-0.2, -0.15) is 0 Å². The van der Waals surface area contributed by atoms with Gasteiger partial charge in [0.1, 0.15) is 0 Å². The molecule has 84 valence electrons. The molecule has 0 aromatic heterocycles. The number of hydrogen-bond acceptors (Lipinski definition) is 2. The van der Waals surface area contributed by atoms with Gasteiger partial charge < -0.3 is 10.4 Å². The van der Waals surface area contributed by atoms with Gasteiger partial charge in [-0.1, -0.05) is 20.3 Å². The van der Waals surface area contributed by atoms with Crippen molar-refractivity contribution in [2.45, 2.75) is 64.0 Å². The fourth-order valence-corrected chi connectivity index (χ4v) is 2.60. The molecule has 0 amide bonds. The van der Waals surface area contributed by atoms with Gasteiger partial charge in [0.15, 0.2) is 0 Å². The van der Waals surface area contributed by atoms with Crippen LogP contribution in [0.3, 0.4) is 0 Å². The average molecular weight is 199 g/mol. The van der Waals surface area contributed by atoms with E-state index in [1.807, 2.05) is 7.05 Å². The molecule has 2 nitrogen and oxygen atoms in total. The fraction of sp³-hybridized carbons (Fsp3) is 1.00. The summed E-state index contributed by atoms with van der Waals surface area (Å²) >= 11 is 0. The Kier molecular flexibility index (Phi) is 4.39. The summed E-state index contributed by atoms with van der Waals surface area (Å²) in [7, 11) is 2.02. The minimum Gasteiger partial charge on any atom is -0.390 e. The molecule has 0 bridgehead atoms. The van der Waals surface area contributed by atoms with E-state index in [1.165, 1.54) is 6.42 Å². The van der Waals surface area contributed by atoms with Gasteiger partial charge in [0, 0.05) is 6.04 Å². The molecule has 1 aliphatic carbocycles. The predicted molar refractivity (Wildman–Crippen MR) is 60.3 cm³/mol. The highest BCUT2D eigenvalue weighted by Gasteiger charge is 2.36. The van der Waals surface area contributed by atoms with Gasteiger partial charge in [-0.25, -0.2) is 0 Å². The van der Waals surface area contributed by atoms with Crippen molar-refractivity contribution in [1.82, 2.24) is 5.32 Å². The molecule has 1 atom stereocenters. The highest BCUT2D eigenvalue weighted by atomic mass is 16.3. The van der Waals surface area contributed by atoms with Crippen LogP contribution in [-0.2, 0) is 0 Å². The minimum atomic E-state index is -0.372. The maximum atomic E-state index is 10.5. The Balaban J connectivity index is 2.43. The maximum absolute atomic E-state index is 10.5. The van der Waals surface area contributed by atoms with Gasteiger partial charge in [-0.15, -0.1) is 0 Å². The van der Waals surface area contributed by atoms with E-state index in [0.717, 1.165) is 32.1 Å². The first-order valence-corrected chi connectivity index (χ1v) is 6.02. The van der Waals surface area contributed by atoms with Crippen LogP contribution in [0.25, 0.3) is 0 Å². The Morgan fingerprint density at radius 3 is 2.43 bits per heavy atom. The summed E-state index contributed by atoms with van der Waals surface area (Å²) in [4.78, 5) is 0. The second-order valence-electron chi connectivity index (χ2n) is 4.86. The molecule has 2 heteroatoms. The van der Waals surface area contributed by atoms with Crippen LogP contribution in [0.4, 0.5) is 0 Å². The Bertz CT molecular complexity index is 162. The zero-order valence-corrected chi connectivity index (χ0v) is 9.84. The maximum Gasteiger partial charge on any atom is 0.0674 e. The zero-order chi connectivity index (χ0) is 10.6. The fourth-order valence-electron chi connectivity index (χ4n) is 2.60. The average Bonchev–Trinajstić information content (AvgIpc) is 2.19. The summed E-state index contributed by atoms with van der Waals surface area (Å²) in [5.41, 5.74) is -0.372. The molecule has 14 heavy (non-hydrogen) atoms. The third kappa shape index (κ3) is 2.71. The van der Waals surface area contributed by atoms with Gasteiger partial charge >= 0.3 is 0 Å². The number of nitrogens with one attached hydrogen (secondary N) is 1. The lowest BCUT2D eigenvalue weighted by Crippen LogP contribution is -2.44. The molecule has 0 aromatic carbocycles. The Hall–Kier alpha value is -0.0800. The van der Waals surface area contributed by atoms with E-state index in [4.69, 9.17) is 0 Å². The van der Waals surface area contributed by atoms with E-state index in [1.54, 1.807) is 0 Å². The van der Waals surface area contributed by atoms with E-state index in [-0.39, 0.29) is 5.60 Å². The first kappa shape index (κ1) is 12.0. The van der Waals surface area contributed by atoms with Crippen LogP contribution in [0.15, 0.2) is 0 Å². The Morgan fingerprint density at radius 2 is 2.00 bits per heavy atom. The summed E-state index contributed by atoms with van der Waals surface area (Å²) < 4.78 is 0. The van der Waals surface area contributed by atoms with Gasteiger partial charge in [0.2, 0.25) is 0 Å². The SMILES string of the molecule is CCCC(C)C1(O)CCC(NC)CC1. The predicted octanol–water partition coefficient (Wildman–Crippen LogP) is 2.32. The molecule has 1 fully saturated rings. The first-order chi connectivity index (χ1) is 6.62. The van der Waals surface area contributed by atoms with Crippen LogP contribution < -0.4 is 5.32 Å². The number of hydrogen-bond donors (Lipinski definition) is 2. The normalized spacial score (nSPS) is 35.6. The van der Waals surface area contributed by atoms with Crippen LogP contribution in [0.5, 0.6) is 0 Å². The van der Waals surface area contributed by atoms with Crippen molar-refractivity contribution in [3.05, 3.63) is 0 Å². The quantitative estimate of drug-likeness (QED) is 0.728. The van der Waals surface area contributed by atoms with Crippen molar-refractivity contribution in [3.8, 4) is 0 Å². The second-order valence-corrected chi connectivity index (χ2v) is 4.86. The van der Waals surface area contributed by atoms with E-state index >= 15 is 0 Å². The molecular formula is C12H25NO. The summed E-state index contributed by atoms with van der Waals surface area (Å²) in [5.74, 6) is 0.463. The molecule has 0 spiro atoms. The third-order valence-corrected chi connectivity index (χ3v) is 3.90. The van der Waals surface area contributed by atoms with Gasteiger partial charge in [0.05, 0.1) is 5.60 Å². The summed E-state index contributed by atoms with van der Waals surface area (Å²) in [6, 6.07) is 0.629. The molecule has 1 aliphatic rings. The van der Waals surface area contributed by atoms with Crippen molar-refractivity contribution >= 4 is 0 Å². The van der Waals surface area contributed by atoms with Crippen LogP contribution in [0.1, 0.15) is 52.4 Å². The van der Waals surface area contributed by atoms with Gasteiger partial charge in [-0.3, -0.25) is 0 Å². The van der Waals surface area contributed by atoms with Crippen LogP contribution in [0.2, 0.25) is 0 Å².